The minimum atomic E-state index is -0.0891. The summed E-state index contributed by atoms with van der Waals surface area (Å²) >= 11 is 1.47. The number of anilines is 2. The molecule has 0 unspecified atom stereocenters. The summed E-state index contributed by atoms with van der Waals surface area (Å²) in [7, 11) is 0. The first-order valence-corrected chi connectivity index (χ1v) is 11.1. The second kappa shape index (κ2) is 8.36. The molecular formula is C20H25N7OS. The Hall–Kier alpha value is -2.68. The molecule has 29 heavy (non-hydrogen) atoms. The van der Waals surface area contributed by atoms with Crippen molar-refractivity contribution in [3.8, 4) is 0 Å². The van der Waals surface area contributed by atoms with Gasteiger partial charge in [0.2, 0.25) is 11.1 Å². The average molecular weight is 412 g/mol. The summed E-state index contributed by atoms with van der Waals surface area (Å²) in [6, 6.07) is 3.77. The maximum Gasteiger partial charge on any atom is 0.253 e. The summed E-state index contributed by atoms with van der Waals surface area (Å²) in [5.41, 5.74) is 3.32. The fourth-order valence-electron chi connectivity index (χ4n) is 3.74. The number of fused-ring (bicyclic) bond motifs is 1. The number of thioether (sulfide) groups is 1. The topological polar surface area (TPSA) is 88.3 Å². The van der Waals surface area contributed by atoms with Gasteiger partial charge in [0, 0.05) is 36.2 Å². The van der Waals surface area contributed by atoms with Crippen molar-refractivity contribution in [2.45, 2.75) is 44.7 Å². The lowest BCUT2D eigenvalue weighted by Crippen LogP contribution is -2.31. The van der Waals surface area contributed by atoms with Gasteiger partial charge in [0.15, 0.2) is 5.82 Å². The summed E-state index contributed by atoms with van der Waals surface area (Å²) in [5.74, 6) is 1.32. The second-order valence-corrected chi connectivity index (χ2v) is 7.99. The van der Waals surface area contributed by atoms with E-state index in [-0.39, 0.29) is 12.3 Å². The number of carbonyl (C=O) groups is 1. The van der Waals surface area contributed by atoms with Gasteiger partial charge in [-0.25, -0.2) is 14.5 Å². The van der Waals surface area contributed by atoms with Crippen molar-refractivity contribution in [1.29, 1.82) is 0 Å². The average Bonchev–Trinajstić information content (AvgIpc) is 3.15. The van der Waals surface area contributed by atoms with Crippen LogP contribution >= 0.6 is 11.8 Å². The van der Waals surface area contributed by atoms with E-state index in [9.17, 15) is 4.79 Å². The van der Waals surface area contributed by atoms with Crippen molar-refractivity contribution in [1.82, 2.24) is 24.6 Å². The Labute approximate surface area is 174 Å². The molecule has 1 aliphatic heterocycles. The molecule has 8 nitrogen and oxygen atoms in total. The highest BCUT2D eigenvalue weighted by Crippen LogP contribution is 2.26. The van der Waals surface area contributed by atoms with Gasteiger partial charge in [0.1, 0.15) is 0 Å². The first-order chi connectivity index (χ1) is 14.1. The molecule has 0 aromatic carbocycles. The third kappa shape index (κ3) is 4.05. The maximum absolute atomic E-state index is 12.9. The number of amides is 1. The minimum absolute atomic E-state index is 0.0891. The van der Waals surface area contributed by atoms with Crippen LogP contribution in [0.15, 0.2) is 23.5 Å². The molecule has 4 heterocycles. The Balaban J connectivity index is 1.56. The number of nitrogens with one attached hydrogen (secondary N) is 1. The Morgan fingerprint density at radius 1 is 1.21 bits per heavy atom. The molecule has 1 N–H and O–H groups in total. The Kier molecular flexibility index (Phi) is 5.66. The van der Waals surface area contributed by atoms with Gasteiger partial charge in [-0.1, -0.05) is 11.8 Å². The van der Waals surface area contributed by atoms with Crippen molar-refractivity contribution < 1.29 is 4.79 Å². The van der Waals surface area contributed by atoms with Crippen molar-refractivity contribution >= 4 is 35.0 Å². The van der Waals surface area contributed by atoms with E-state index in [1.807, 2.05) is 32.2 Å². The quantitative estimate of drug-likeness (QED) is 0.646. The Morgan fingerprint density at radius 2 is 2.00 bits per heavy atom. The van der Waals surface area contributed by atoms with E-state index in [0.717, 1.165) is 54.4 Å². The zero-order chi connectivity index (χ0) is 20.4. The van der Waals surface area contributed by atoms with Crippen LogP contribution in [0.3, 0.4) is 0 Å². The molecule has 1 aliphatic rings. The number of aryl methyl sites for hydroxylation is 2. The molecule has 0 spiro atoms. The van der Waals surface area contributed by atoms with Gasteiger partial charge in [-0.15, -0.1) is 5.10 Å². The van der Waals surface area contributed by atoms with Gasteiger partial charge in [-0.05, 0) is 51.5 Å². The molecule has 0 radical (unpaired) electrons. The number of rotatable bonds is 5. The number of aromatic nitrogens is 5. The fraction of sp³-hybridized carbons (Fsp3) is 0.450. The number of nitrogens with zero attached hydrogens (tertiary/aromatic N) is 6. The number of hydrogen-bond donors (Lipinski definition) is 1. The molecule has 0 saturated carbocycles. The van der Waals surface area contributed by atoms with Gasteiger partial charge in [0.25, 0.3) is 5.78 Å². The van der Waals surface area contributed by atoms with E-state index in [0.29, 0.717) is 10.9 Å². The third-order valence-electron chi connectivity index (χ3n) is 5.27. The summed E-state index contributed by atoms with van der Waals surface area (Å²) in [4.78, 5) is 28.6. The lowest BCUT2D eigenvalue weighted by Gasteiger charge is -2.29. The van der Waals surface area contributed by atoms with Crippen molar-refractivity contribution in [3.05, 3.63) is 35.3 Å². The lowest BCUT2D eigenvalue weighted by atomic mass is 10.1. The van der Waals surface area contributed by atoms with Crippen LogP contribution in [-0.4, -0.2) is 49.8 Å². The lowest BCUT2D eigenvalue weighted by molar-refractivity contribution is -0.115. The highest BCUT2D eigenvalue weighted by molar-refractivity contribution is 7.98. The molecule has 3 aromatic heterocycles. The predicted octanol–water partition coefficient (Wildman–Crippen LogP) is 3.03. The molecular weight excluding hydrogens is 386 g/mol. The summed E-state index contributed by atoms with van der Waals surface area (Å²) in [6.07, 6.45) is 7.50. The Morgan fingerprint density at radius 3 is 2.76 bits per heavy atom. The van der Waals surface area contributed by atoms with Gasteiger partial charge >= 0.3 is 0 Å². The van der Waals surface area contributed by atoms with Gasteiger partial charge < -0.3 is 10.2 Å². The summed E-state index contributed by atoms with van der Waals surface area (Å²) in [5, 5.41) is 8.18. The van der Waals surface area contributed by atoms with E-state index >= 15 is 0 Å². The van der Waals surface area contributed by atoms with Crippen LogP contribution in [0.1, 0.15) is 36.2 Å². The van der Waals surface area contributed by atoms with E-state index in [1.54, 1.807) is 10.7 Å². The molecule has 9 heteroatoms. The highest BCUT2D eigenvalue weighted by Gasteiger charge is 2.19. The first-order valence-electron chi connectivity index (χ1n) is 9.83. The molecule has 1 amide bonds. The summed E-state index contributed by atoms with van der Waals surface area (Å²) < 4.78 is 1.71. The van der Waals surface area contributed by atoms with Crippen LogP contribution in [0.25, 0.3) is 5.78 Å². The molecule has 0 bridgehead atoms. The highest BCUT2D eigenvalue weighted by atomic mass is 32.2. The number of hydrogen-bond acceptors (Lipinski definition) is 7. The SMILES string of the molecule is CSc1nc2nc(C)c(CC(=O)Nc3cccnc3N3CCCCC3)c(C)n2n1. The largest absolute Gasteiger partial charge is 0.355 e. The van der Waals surface area contributed by atoms with Crippen molar-refractivity contribution in [2.75, 3.05) is 29.6 Å². The van der Waals surface area contributed by atoms with Crippen LogP contribution in [-0.2, 0) is 11.2 Å². The van der Waals surface area contributed by atoms with Crippen LogP contribution in [0.5, 0.6) is 0 Å². The van der Waals surface area contributed by atoms with Gasteiger partial charge in [-0.2, -0.15) is 4.98 Å². The van der Waals surface area contributed by atoms with E-state index in [2.05, 4.69) is 30.3 Å². The maximum atomic E-state index is 12.9. The van der Waals surface area contributed by atoms with Crippen LogP contribution in [0.4, 0.5) is 11.5 Å². The van der Waals surface area contributed by atoms with Crippen molar-refractivity contribution in [2.24, 2.45) is 0 Å². The Bertz CT molecular complexity index is 1040. The minimum Gasteiger partial charge on any atom is -0.355 e. The van der Waals surface area contributed by atoms with Crippen LogP contribution in [0.2, 0.25) is 0 Å². The molecule has 4 rings (SSSR count). The van der Waals surface area contributed by atoms with E-state index < -0.39 is 0 Å². The standard InChI is InChI=1S/C20H25N7OS/c1-13-15(14(2)27-19(22-13)24-20(25-27)29-3)12-17(28)23-16-8-7-9-21-18(16)26-10-5-4-6-11-26/h7-9H,4-6,10-12H2,1-3H3,(H,23,28). The van der Waals surface area contributed by atoms with Crippen molar-refractivity contribution in [3.63, 3.8) is 0 Å². The normalized spacial score (nSPS) is 14.4. The molecule has 152 valence electrons. The molecule has 0 atom stereocenters. The first kappa shape index (κ1) is 19.6. The number of pyridine rings is 1. The third-order valence-corrected chi connectivity index (χ3v) is 5.80. The smallest absolute Gasteiger partial charge is 0.253 e. The predicted molar refractivity (Wildman–Crippen MR) is 115 cm³/mol. The van der Waals surface area contributed by atoms with Gasteiger partial charge in [0.05, 0.1) is 12.1 Å². The molecule has 0 aliphatic carbocycles. The monoisotopic (exact) mass is 411 g/mol. The van der Waals surface area contributed by atoms with Crippen LogP contribution < -0.4 is 10.2 Å². The fourth-order valence-corrected chi connectivity index (χ4v) is 4.08. The zero-order valence-corrected chi connectivity index (χ0v) is 17.8. The molecule has 1 saturated heterocycles. The number of piperidine rings is 1. The summed E-state index contributed by atoms with van der Waals surface area (Å²) in [6.45, 7) is 5.81. The van der Waals surface area contributed by atoms with E-state index in [1.165, 1.54) is 18.2 Å². The van der Waals surface area contributed by atoms with Gasteiger partial charge in [-0.3, -0.25) is 4.79 Å². The number of carbonyl (C=O) groups excluding carboxylic acids is 1. The molecule has 1 fully saturated rings. The molecule has 3 aromatic rings. The van der Waals surface area contributed by atoms with E-state index in [4.69, 9.17) is 0 Å². The second-order valence-electron chi connectivity index (χ2n) is 7.22. The van der Waals surface area contributed by atoms with Crippen LogP contribution in [0, 0.1) is 13.8 Å². The zero-order valence-electron chi connectivity index (χ0n) is 17.0.